The van der Waals surface area contributed by atoms with Crippen molar-refractivity contribution in [1.82, 2.24) is 10.6 Å². The monoisotopic (exact) mass is 424 g/mol. The highest BCUT2D eigenvalue weighted by atomic mass is 35.5. The zero-order chi connectivity index (χ0) is 20.5. The van der Waals surface area contributed by atoms with Gasteiger partial charge in [0.05, 0.1) is 0 Å². The summed E-state index contributed by atoms with van der Waals surface area (Å²) in [7, 11) is 0. The molecule has 0 radical (unpaired) electrons. The maximum atomic E-state index is 11.8. The zero-order valence-corrected chi connectivity index (χ0v) is 17.2. The third kappa shape index (κ3) is 7.29. The summed E-state index contributed by atoms with van der Waals surface area (Å²) in [5.74, 6) is 0.573. The molecule has 150 valence electrons. The fourth-order valence-electron chi connectivity index (χ4n) is 2.22. The van der Waals surface area contributed by atoms with E-state index in [1.807, 2.05) is 13.8 Å². The number of hydrogen-bond donors (Lipinski definition) is 2. The van der Waals surface area contributed by atoms with Crippen molar-refractivity contribution in [1.29, 1.82) is 0 Å². The van der Waals surface area contributed by atoms with Crippen LogP contribution in [0, 0.1) is 13.8 Å². The van der Waals surface area contributed by atoms with Crippen LogP contribution in [0.5, 0.6) is 11.5 Å². The van der Waals surface area contributed by atoms with Crippen LogP contribution in [0.4, 0.5) is 0 Å². The first kappa shape index (κ1) is 21.9. The molecule has 2 rings (SSSR count). The number of halogens is 2. The Balaban J connectivity index is 1.59. The minimum absolute atomic E-state index is 0.117. The van der Waals surface area contributed by atoms with Gasteiger partial charge in [-0.05, 0) is 61.4 Å². The van der Waals surface area contributed by atoms with Gasteiger partial charge in [-0.2, -0.15) is 0 Å². The van der Waals surface area contributed by atoms with E-state index in [9.17, 15) is 9.59 Å². The topological polar surface area (TPSA) is 76.7 Å². The van der Waals surface area contributed by atoms with Crippen molar-refractivity contribution in [3.63, 3.8) is 0 Å². The van der Waals surface area contributed by atoms with Crippen molar-refractivity contribution >= 4 is 35.0 Å². The SMILES string of the molecule is Cc1cc(OCC(=O)NCCNC(=O)COc2ccc(Cl)c(C)c2)ccc1Cl. The summed E-state index contributed by atoms with van der Waals surface area (Å²) < 4.78 is 10.8. The molecule has 6 nitrogen and oxygen atoms in total. The molecule has 0 fully saturated rings. The van der Waals surface area contributed by atoms with E-state index in [4.69, 9.17) is 32.7 Å². The van der Waals surface area contributed by atoms with E-state index in [2.05, 4.69) is 10.6 Å². The van der Waals surface area contributed by atoms with Gasteiger partial charge in [-0.3, -0.25) is 9.59 Å². The van der Waals surface area contributed by atoms with E-state index in [0.717, 1.165) is 11.1 Å². The highest BCUT2D eigenvalue weighted by molar-refractivity contribution is 6.31. The van der Waals surface area contributed by atoms with Crippen molar-refractivity contribution < 1.29 is 19.1 Å². The van der Waals surface area contributed by atoms with E-state index < -0.39 is 0 Å². The van der Waals surface area contributed by atoms with Crippen molar-refractivity contribution in [2.24, 2.45) is 0 Å². The van der Waals surface area contributed by atoms with Gasteiger partial charge in [0.15, 0.2) is 13.2 Å². The first-order valence-electron chi connectivity index (χ1n) is 8.66. The maximum absolute atomic E-state index is 11.8. The Kier molecular flexibility index (Phi) is 8.42. The predicted molar refractivity (Wildman–Crippen MR) is 109 cm³/mol. The van der Waals surface area contributed by atoms with E-state index >= 15 is 0 Å². The molecule has 2 aromatic rings. The number of carbonyl (C=O) groups excluding carboxylic acids is 2. The van der Waals surface area contributed by atoms with E-state index in [-0.39, 0.29) is 38.1 Å². The van der Waals surface area contributed by atoms with Crippen LogP contribution in [0.2, 0.25) is 10.0 Å². The lowest BCUT2D eigenvalue weighted by Gasteiger charge is -2.10. The smallest absolute Gasteiger partial charge is 0.258 e. The van der Waals surface area contributed by atoms with Gasteiger partial charge in [0, 0.05) is 23.1 Å². The van der Waals surface area contributed by atoms with Crippen LogP contribution in [0.25, 0.3) is 0 Å². The zero-order valence-electron chi connectivity index (χ0n) is 15.7. The second kappa shape index (κ2) is 10.8. The summed E-state index contributed by atoms with van der Waals surface area (Å²) in [5, 5.41) is 6.61. The van der Waals surface area contributed by atoms with Crippen LogP contribution in [-0.2, 0) is 9.59 Å². The van der Waals surface area contributed by atoms with Crippen molar-refractivity contribution in [2.45, 2.75) is 13.8 Å². The number of nitrogens with one attached hydrogen (secondary N) is 2. The minimum Gasteiger partial charge on any atom is -0.484 e. The fraction of sp³-hybridized carbons (Fsp3) is 0.300. The number of aryl methyl sites for hydroxylation is 2. The lowest BCUT2D eigenvalue weighted by molar-refractivity contribution is -0.124. The summed E-state index contributed by atoms with van der Waals surface area (Å²) in [6, 6.07) is 10.4. The number of ether oxygens (including phenoxy) is 2. The second-order valence-corrected chi connectivity index (χ2v) is 6.91. The number of amides is 2. The molecule has 28 heavy (non-hydrogen) atoms. The van der Waals surface area contributed by atoms with Gasteiger partial charge in [0.25, 0.3) is 11.8 Å². The Morgan fingerprint density at radius 1 is 0.786 bits per heavy atom. The van der Waals surface area contributed by atoms with Crippen molar-refractivity contribution in [3.8, 4) is 11.5 Å². The van der Waals surface area contributed by atoms with E-state index in [0.29, 0.717) is 21.5 Å². The number of benzene rings is 2. The van der Waals surface area contributed by atoms with Gasteiger partial charge in [-0.1, -0.05) is 23.2 Å². The summed E-state index contributed by atoms with van der Waals surface area (Å²) in [6.07, 6.45) is 0. The van der Waals surface area contributed by atoms with Crippen LogP contribution in [0.3, 0.4) is 0 Å². The van der Waals surface area contributed by atoms with Crippen LogP contribution in [0.1, 0.15) is 11.1 Å². The second-order valence-electron chi connectivity index (χ2n) is 6.10. The maximum Gasteiger partial charge on any atom is 0.258 e. The quantitative estimate of drug-likeness (QED) is 0.605. The molecule has 0 heterocycles. The molecule has 0 aliphatic carbocycles. The van der Waals surface area contributed by atoms with Gasteiger partial charge in [0.1, 0.15) is 11.5 Å². The van der Waals surface area contributed by atoms with Gasteiger partial charge in [-0.15, -0.1) is 0 Å². The standard InChI is InChI=1S/C20H22Cl2N2O4/c1-13-9-15(3-5-17(13)21)27-11-19(25)23-7-8-24-20(26)12-28-16-4-6-18(22)14(2)10-16/h3-6,9-10H,7-8,11-12H2,1-2H3,(H,23,25)(H,24,26). The van der Waals surface area contributed by atoms with Crippen molar-refractivity contribution in [3.05, 3.63) is 57.6 Å². The van der Waals surface area contributed by atoms with E-state index in [1.165, 1.54) is 0 Å². The van der Waals surface area contributed by atoms with Crippen LogP contribution >= 0.6 is 23.2 Å². The molecular formula is C20H22Cl2N2O4. The first-order chi connectivity index (χ1) is 13.3. The van der Waals surface area contributed by atoms with Gasteiger partial charge in [-0.25, -0.2) is 0 Å². The number of rotatable bonds is 9. The van der Waals surface area contributed by atoms with Crippen LogP contribution in [-0.4, -0.2) is 38.1 Å². The lowest BCUT2D eigenvalue weighted by Crippen LogP contribution is -2.38. The molecule has 0 aliphatic rings. The van der Waals surface area contributed by atoms with Gasteiger partial charge in [0.2, 0.25) is 0 Å². The Labute approximate surface area is 174 Å². The Bertz CT molecular complexity index is 773. The molecule has 0 saturated heterocycles. The predicted octanol–water partition coefficient (Wildman–Crippen LogP) is 3.30. The Morgan fingerprint density at radius 3 is 1.54 bits per heavy atom. The lowest BCUT2D eigenvalue weighted by atomic mass is 10.2. The average Bonchev–Trinajstić information content (AvgIpc) is 2.67. The molecule has 2 aromatic carbocycles. The molecule has 0 unspecified atom stereocenters. The number of hydrogen-bond acceptors (Lipinski definition) is 4. The molecule has 0 bridgehead atoms. The van der Waals surface area contributed by atoms with Crippen LogP contribution < -0.4 is 20.1 Å². The molecule has 0 spiro atoms. The highest BCUT2D eigenvalue weighted by Gasteiger charge is 2.06. The summed E-state index contributed by atoms with van der Waals surface area (Å²) in [4.78, 5) is 23.5. The molecule has 0 saturated carbocycles. The third-order valence-corrected chi connectivity index (χ3v) is 4.62. The fourth-order valence-corrected chi connectivity index (χ4v) is 2.45. The molecule has 0 aliphatic heterocycles. The summed E-state index contributed by atoms with van der Waals surface area (Å²) >= 11 is 11.9. The van der Waals surface area contributed by atoms with E-state index in [1.54, 1.807) is 36.4 Å². The average molecular weight is 425 g/mol. The third-order valence-electron chi connectivity index (χ3n) is 3.77. The van der Waals surface area contributed by atoms with Gasteiger partial charge < -0.3 is 20.1 Å². The highest BCUT2D eigenvalue weighted by Crippen LogP contribution is 2.21. The summed E-state index contributed by atoms with van der Waals surface area (Å²) in [5.41, 5.74) is 1.75. The molecular weight excluding hydrogens is 403 g/mol. The Hall–Kier alpha value is -2.44. The minimum atomic E-state index is -0.283. The summed E-state index contributed by atoms with van der Waals surface area (Å²) in [6.45, 7) is 4.05. The number of carbonyl (C=O) groups is 2. The Morgan fingerprint density at radius 2 is 1.18 bits per heavy atom. The van der Waals surface area contributed by atoms with Crippen LogP contribution in [0.15, 0.2) is 36.4 Å². The molecule has 0 atom stereocenters. The largest absolute Gasteiger partial charge is 0.484 e. The normalized spacial score (nSPS) is 10.3. The molecule has 8 heteroatoms. The first-order valence-corrected chi connectivity index (χ1v) is 9.42. The molecule has 2 amide bonds. The van der Waals surface area contributed by atoms with Crippen molar-refractivity contribution in [2.75, 3.05) is 26.3 Å². The molecule has 0 aromatic heterocycles. The van der Waals surface area contributed by atoms with Gasteiger partial charge >= 0.3 is 0 Å². The molecule has 2 N–H and O–H groups in total.